The minimum absolute atomic E-state index is 0.0922. The van der Waals surface area contributed by atoms with Crippen LogP contribution in [0.5, 0.6) is 0 Å². The number of aromatic nitrogens is 1. The number of carbonyl (C=O) groups is 2. The van der Waals surface area contributed by atoms with E-state index in [0.717, 1.165) is 23.3 Å². The molecular formula is C20H16F2N2O3. The summed E-state index contributed by atoms with van der Waals surface area (Å²) in [5.41, 5.74) is 2.41. The number of carboxylic acid groups (broad SMARTS) is 1. The van der Waals surface area contributed by atoms with E-state index in [-0.39, 0.29) is 24.1 Å². The number of H-pyrrole nitrogens is 1. The molecule has 0 saturated carbocycles. The predicted molar refractivity (Wildman–Crippen MR) is 94.6 cm³/mol. The van der Waals surface area contributed by atoms with Crippen molar-refractivity contribution in [3.05, 3.63) is 70.9 Å². The minimum Gasteiger partial charge on any atom is -0.481 e. The van der Waals surface area contributed by atoms with E-state index in [0.29, 0.717) is 17.3 Å². The number of halogens is 2. The van der Waals surface area contributed by atoms with Crippen LogP contribution in [-0.2, 0) is 11.2 Å². The summed E-state index contributed by atoms with van der Waals surface area (Å²) >= 11 is 0. The van der Waals surface area contributed by atoms with Crippen LogP contribution in [0.2, 0.25) is 0 Å². The summed E-state index contributed by atoms with van der Waals surface area (Å²) in [6.07, 6.45) is 0.439. The molecule has 3 N–H and O–H groups in total. The van der Waals surface area contributed by atoms with Crippen molar-refractivity contribution in [1.82, 2.24) is 10.3 Å². The van der Waals surface area contributed by atoms with Crippen molar-refractivity contribution in [1.29, 1.82) is 0 Å². The average molecular weight is 370 g/mol. The van der Waals surface area contributed by atoms with Crippen LogP contribution in [-0.4, -0.2) is 28.0 Å². The van der Waals surface area contributed by atoms with Crippen molar-refractivity contribution in [3.63, 3.8) is 0 Å². The topological polar surface area (TPSA) is 82.2 Å². The molecule has 138 valence electrons. The van der Waals surface area contributed by atoms with Crippen LogP contribution >= 0.6 is 0 Å². The van der Waals surface area contributed by atoms with Gasteiger partial charge in [-0.2, -0.15) is 0 Å². The number of aliphatic carboxylic acids is 1. The van der Waals surface area contributed by atoms with Crippen molar-refractivity contribution in [2.24, 2.45) is 0 Å². The van der Waals surface area contributed by atoms with Gasteiger partial charge in [-0.3, -0.25) is 9.59 Å². The summed E-state index contributed by atoms with van der Waals surface area (Å²) in [5, 5.41) is 12.5. The third kappa shape index (κ3) is 3.16. The Morgan fingerprint density at radius 1 is 1.15 bits per heavy atom. The molecule has 1 aliphatic rings. The number of hydrogen-bond acceptors (Lipinski definition) is 2. The maximum absolute atomic E-state index is 13.4. The summed E-state index contributed by atoms with van der Waals surface area (Å²) < 4.78 is 26.7. The van der Waals surface area contributed by atoms with E-state index in [1.54, 1.807) is 0 Å². The molecule has 3 aromatic rings. The molecule has 0 bridgehead atoms. The van der Waals surface area contributed by atoms with Gasteiger partial charge in [0.25, 0.3) is 5.91 Å². The molecule has 0 aliphatic heterocycles. The SMILES string of the molecule is O=C(O)C[C@@H]1c2ccccc2C[C@@H]1NC(=O)c1cc2cc(F)c(F)cc2[nH]1. The van der Waals surface area contributed by atoms with Crippen LogP contribution in [0, 0.1) is 11.6 Å². The zero-order valence-electron chi connectivity index (χ0n) is 14.1. The van der Waals surface area contributed by atoms with Crippen molar-refractivity contribution < 1.29 is 23.5 Å². The number of fused-ring (bicyclic) bond motifs is 2. The fourth-order valence-corrected chi connectivity index (χ4v) is 3.76. The second-order valence-corrected chi connectivity index (χ2v) is 6.72. The number of amides is 1. The lowest BCUT2D eigenvalue weighted by Gasteiger charge is -2.20. The number of carbonyl (C=O) groups excluding carboxylic acids is 1. The molecule has 1 aliphatic carbocycles. The van der Waals surface area contributed by atoms with Gasteiger partial charge in [-0.1, -0.05) is 24.3 Å². The predicted octanol–water partition coefficient (Wildman–Crippen LogP) is 3.36. The summed E-state index contributed by atoms with van der Waals surface area (Å²) in [7, 11) is 0. The molecule has 5 nitrogen and oxygen atoms in total. The van der Waals surface area contributed by atoms with Gasteiger partial charge in [0, 0.05) is 28.9 Å². The van der Waals surface area contributed by atoms with Gasteiger partial charge in [0.15, 0.2) is 11.6 Å². The monoisotopic (exact) mass is 370 g/mol. The molecule has 2 atom stereocenters. The lowest BCUT2D eigenvalue weighted by Crippen LogP contribution is -2.38. The quantitative estimate of drug-likeness (QED) is 0.659. The van der Waals surface area contributed by atoms with Gasteiger partial charge in [-0.15, -0.1) is 0 Å². The third-order valence-electron chi connectivity index (χ3n) is 5.00. The van der Waals surface area contributed by atoms with E-state index in [1.807, 2.05) is 24.3 Å². The van der Waals surface area contributed by atoms with Crippen molar-refractivity contribution >= 4 is 22.8 Å². The molecular weight excluding hydrogens is 354 g/mol. The average Bonchev–Trinajstić information content (AvgIpc) is 3.17. The van der Waals surface area contributed by atoms with Gasteiger partial charge >= 0.3 is 5.97 Å². The van der Waals surface area contributed by atoms with Crippen molar-refractivity contribution in [3.8, 4) is 0 Å². The minimum atomic E-state index is -0.996. The molecule has 1 heterocycles. The number of nitrogens with one attached hydrogen (secondary N) is 2. The zero-order valence-corrected chi connectivity index (χ0v) is 14.1. The van der Waals surface area contributed by atoms with Crippen molar-refractivity contribution in [2.45, 2.75) is 24.8 Å². The molecule has 2 aromatic carbocycles. The van der Waals surface area contributed by atoms with E-state index < -0.39 is 23.5 Å². The van der Waals surface area contributed by atoms with E-state index in [1.165, 1.54) is 6.07 Å². The summed E-state index contributed by atoms with van der Waals surface area (Å²) in [6.45, 7) is 0. The molecule has 0 saturated heterocycles. The van der Waals surface area contributed by atoms with Crippen LogP contribution in [0.3, 0.4) is 0 Å². The van der Waals surface area contributed by atoms with Gasteiger partial charge in [0.1, 0.15) is 5.69 Å². The third-order valence-corrected chi connectivity index (χ3v) is 5.00. The molecule has 27 heavy (non-hydrogen) atoms. The first-order valence-corrected chi connectivity index (χ1v) is 8.50. The Bertz CT molecular complexity index is 1020. The normalized spacial score (nSPS) is 18.4. The van der Waals surface area contributed by atoms with Gasteiger partial charge in [0.05, 0.1) is 6.42 Å². The zero-order chi connectivity index (χ0) is 19.1. The van der Waals surface area contributed by atoms with Crippen molar-refractivity contribution in [2.75, 3.05) is 0 Å². The molecule has 7 heteroatoms. The Hall–Kier alpha value is -3.22. The second-order valence-electron chi connectivity index (χ2n) is 6.72. The number of hydrogen-bond donors (Lipinski definition) is 3. The van der Waals surface area contributed by atoms with Gasteiger partial charge in [0.2, 0.25) is 0 Å². The lowest BCUT2D eigenvalue weighted by molar-refractivity contribution is -0.137. The highest BCUT2D eigenvalue weighted by atomic mass is 19.2. The fraction of sp³-hybridized carbons (Fsp3) is 0.200. The highest BCUT2D eigenvalue weighted by Crippen LogP contribution is 2.36. The standard InChI is InChI=1S/C20H16F2N2O3/c21-14-5-11-7-18(23-16(11)9-15(14)22)20(27)24-17-6-10-3-1-2-4-12(10)13(17)8-19(25)26/h1-5,7,9,13,17,23H,6,8H2,(H,24,27)(H,25,26)/t13-,17+/m1/s1. The van der Waals surface area contributed by atoms with Crippen LogP contribution < -0.4 is 5.32 Å². The molecule has 0 unspecified atom stereocenters. The summed E-state index contributed by atoms with van der Waals surface area (Å²) in [4.78, 5) is 26.7. The summed E-state index contributed by atoms with van der Waals surface area (Å²) in [5.74, 6) is -3.69. The van der Waals surface area contributed by atoms with E-state index >= 15 is 0 Å². The number of benzene rings is 2. The van der Waals surface area contributed by atoms with Gasteiger partial charge < -0.3 is 15.4 Å². The van der Waals surface area contributed by atoms with Crippen LogP contribution in [0.4, 0.5) is 8.78 Å². The largest absolute Gasteiger partial charge is 0.481 e. The first kappa shape index (κ1) is 17.2. The Morgan fingerprint density at radius 3 is 2.67 bits per heavy atom. The first-order valence-electron chi connectivity index (χ1n) is 8.50. The smallest absolute Gasteiger partial charge is 0.304 e. The maximum Gasteiger partial charge on any atom is 0.304 e. The Labute approximate surface area is 153 Å². The van der Waals surface area contributed by atoms with Gasteiger partial charge in [-0.25, -0.2) is 8.78 Å². The molecule has 1 amide bonds. The lowest BCUT2D eigenvalue weighted by atomic mass is 9.94. The van der Waals surface area contributed by atoms with E-state index in [9.17, 15) is 23.5 Å². The molecule has 1 aromatic heterocycles. The molecule has 4 rings (SSSR count). The Balaban J connectivity index is 1.59. The number of carboxylic acids is 1. The molecule has 0 spiro atoms. The summed E-state index contributed by atoms with van der Waals surface area (Å²) in [6, 6.07) is 10.6. The Morgan fingerprint density at radius 2 is 1.89 bits per heavy atom. The molecule has 0 fully saturated rings. The van der Waals surface area contributed by atoms with Crippen LogP contribution in [0.1, 0.15) is 34.0 Å². The van der Waals surface area contributed by atoms with Crippen LogP contribution in [0.15, 0.2) is 42.5 Å². The first-order chi connectivity index (χ1) is 12.9. The number of rotatable bonds is 4. The second kappa shape index (κ2) is 6.50. The van der Waals surface area contributed by atoms with E-state index in [4.69, 9.17) is 0 Å². The molecule has 0 radical (unpaired) electrons. The van der Waals surface area contributed by atoms with E-state index in [2.05, 4.69) is 10.3 Å². The van der Waals surface area contributed by atoms with Crippen LogP contribution in [0.25, 0.3) is 10.9 Å². The highest BCUT2D eigenvalue weighted by molar-refractivity contribution is 5.98. The highest BCUT2D eigenvalue weighted by Gasteiger charge is 2.35. The Kier molecular flexibility index (Phi) is 4.14. The number of aromatic amines is 1. The maximum atomic E-state index is 13.4. The fourth-order valence-electron chi connectivity index (χ4n) is 3.76. The van der Waals surface area contributed by atoms with Gasteiger partial charge in [-0.05, 0) is 29.7 Å².